The fourth-order valence-corrected chi connectivity index (χ4v) is 3.22. The Hall–Kier alpha value is -0.420. The Kier molecular flexibility index (Phi) is 4.98. The van der Waals surface area contributed by atoms with E-state index in [1.54, 1.807) is 0 Å². The molecule has 0 saturated carbocycles. The van der Waals surface area contributed by atoms with Crippen LogP contribution in [0.1, 0.15) is 24.3 Å². The standard InChI is InChI=1S/C13H23N3S/c1-12(13-4-2-11-17-13)16-9-7-15(8-10-16)6-3-5-14/h2,4,11-12H,3,5-10,14H2,1H3. The molecule has 2 heterocycles. The molecule has 0 bridgehead atoms. The smallest absolute Gasteiger partial charge is 0.0414 e. The minimum atomic E-state index is 0.576. The lowest BCUT2D eigenvalue weighted by molar-refractivity contribution is 0.103. The predicted molar refractivity (Wildman–Crippen MR) is 74.4 cm³/mol. The van der Waals surface area contributed by atoms with Gasteiger partial charge < -0.3 is 10.6 Å². The summed E-state index contributed by atoms with van der Waals surface area (Å²) >= 11 is 1.87. The van der Waals surface area contributed by atoms with Crippen LogP contribution in [-0.2, 0) is 0 Å². The van der Waals surface area contributed by atoms with E-state index in [1.165, 1.54) is 31.1 Å². The minimum absolute atomic E-state index is 0.576. The summed E-state index contributed by atoms with van der Waals surface area (Å²) in [5.41, 5.74) is 5.55. The van der Waals surface area contributed by atoms with E-state index in [1.807, 2.05) is 11.3 Å². The molecule has 17 heavy (non-hydrogen) atoms. The molecular formula is C13H23N3S. The zero-order chi connectivity index (χ0) is 12.1. The van der Waals surface area contributed by atoms with Gasteiger partial charge in [-0.05, 0) is 37.9 Å². The summed E-state index contributed by atoms with van der Waals surface area (Å²) in [6.45, 7) is 9.05. The van der Waals surface area contributed by atoms with Crippen LogP contribution < -0.4 is 5.73 Å². The van der Waals surface area contributed by atoms with Gasteiger partial charge in [-0.15, -0.1) is 11.3 Å². The highest BCUT2D eigenvalue weighted by Crippen LogP contribution is 2.25. The first-order valence-electron chi connectivity index (χ1n) is 6.51. The van der Waals surface area contributed by atoms with Crippen molar-refractivity contribution in [2.45, 2.75) is 19.4 Å². The average molecular weight is 253 g/mol. The van der Waals surface area contributed by atoms with E-state index in [0.29, 0.717) is 6.04 Å². The molecule has 0 spiro atoms. The number of thiophene rings is 1. The second-order valence-electron chi connectivity index (χ2n) is 4.71. The summed E-state index contributed by atoms with van der Waals surface area (Å²) in [4.78, 5) is 6.61. The van der Waals surface area contributed by atoms with E-state index < -0.39 is 0 Å². The molecule has 1 aliphatic heterocycles. The highest BCUT2D eigenvalue weighted by molar-refractivity contribution is 7.10. The molecule has 0 radical (unpaired) electrons. The summed E-state index contributed by atoms with van der Waals surface area (Å²) in [5, 5.41) is 2.17. The predicted octanol–water partition coefficient (Wildman–Crippen LogP) is 1.78. The second kappa shape index (κ2) is 6.50. The molecule has 0 amide bonds. The van der Waals surface area contributed by atoms with Crippen LogP contribution >= 0.6 is 11.3 Å². The van der Waals surface area contributed by atoms with Crippen molar-refractivity contribution in [3.63, 3.8) is 0 Å². The zero-order valence-electron chi connectivity index (χ0n) is 10.6. The normalized spacial score (nSPS) is 20.6. The number of piperazine rings is 1. The summed E-state index contributed by atoms with van der Waals surface area (Å²) in [7, 11) is 0. The van der Waals surface area contributed by atoms with E-state index in [2.05, 4.69) is 34.2 Å². The van der Waals surface area contributed by atoms with Gasteiger partial charge in [0.2, 0.25) is 0 Å². The third kappa shape index (κ3) is 3.52. The molecule has 1 atom stereocenters. The van der Waals surface area contributed by atoms with Crippen molar-refractivity contribution in [2.24, 2.45) is 5.73 Å². The SMILES string of the molecule is CC(c1cccs1)N1CCN(CCCN)CC1. The van der Waals surface area contributed by atoms with Gasteiger partial charge in [0.1, 0.15) is 0 Å². The Morgan fingerprint density at radius 2 is 2.12 bits per heavy atom. The monoisotopic (exact) mass is 253 g/mol. The lowest BCUT2D eigenvalue weighted by atomic mass is 10.2. The molecule has 3 nitrogen and oxygen atoms in total. The third-order valence-corrected chi connectivity index (χ3v) is 4.63. The van der Waals surface area contributed by atoms with Crippen LogP contribution in [0.4, 0.5) is 0 Å². The van der Waals surface area contributed by atoms with Crippen LogP contribution in [0.5, 0.6) is 0 Å². The van der Waals surface area contributed by atoms with Crippen LogP contribution in [0, 0.1) is 0 Å². The van der Waals surface area contributed by atoms with Crippen molar-refractivity contribution in [3.05, 3.63) is 22.4 Å². The van der Waals surface area contributed by atoms with Gasteiger partial charge in [-0.1, -0.05) is 6.07 Å². The van der Waals surface area contributed by atoms with Gasteiger partial charge in [0.25, 0.3) is 0 Å². The van der Waals surface area contributed by atoms with Crippen LogP contribution in [0.2, 0.25) is 0 Å². The Bertz CT molecular complexity index is 304. The second-order valence-corrected chi connectivity index (χ2v) is 5.69. The van der Waals surface area contributed by atoms with Crippen molar-refractivity contribution in [1.82, 2.24) is 9.80 Å². The van der Waals surface area contributed by atoms with Crippen molar-refractivity contribution < 1.29 is 0 Å². The van der Waals surface area contributed by atoms with Gasteiger partial charge in [-0.3, -0.25) is 4.90 Å². The first-order valence-corrected chi connectivity index (χ1v) is 7.39. The highest BCUT2D eigenvalue weighted by atomic mass is 32.1. The van der Waals surface area contributed by atoms with Crippen LogP contribution in [0.25, 0.3) is 0 Å². The number of hydrogen-bond acceptors (Lipinski definition) is 4. The summed E-state index contributed by atoms with van der Waals surface area (Å²) in [6.07, 6.45) is 1.13. The molecule has 0 aromatic carbocycles. The molecule has 96 valence electrons. The minimum Gasteiger partial charge on any atom is -0.330 e. The largest absolute Gasteiger partial charge is 0.330 e. The molecule has 1 fully saturated rings. The third-order valence-electron chi connectivity index (χ3n) is 3.59. The maximum absolute atomic E-state index is 5.55. The Morgan fingerprint density at radius 1 is 1.35 bits per heavy atom. The molecule has 4 heteroatoms. The van der Waals surface area contributed by atoms with E-state index in [0.717, 1.165) is 19.5 Å². The van der Waals surface area contributed by atoms with Crippen molar-refractivity contribution in [1.29, 1.82) is 0 Å². The van der Waals surface area contributed by atoms with Crippen molar-refractivity contribution >= 4 is 11.3 Å². The van der Waals surface area contributed by atoms with Crippen molar-refractivity contribution in [2.75, 3.05) is 39.3 Å². The molecule has 1 unspecified atom stereocenters. The fraction of sp³-hybridized carbons (Fsp3) is 0.692. The number of nitrogens with two attached hydrogens (primary N) is 1. The van der Waals surface area contributed by atoms with Gasteiger partial charge in [0.05, 0.1) is 0 Å². The zero-order valence-corrected chi connectivity index (χ0v) is 11.5. The van der Waals surface area contributed by atoms with Crippen molar-refractivity contribution in [3.8, 4) is 0 Å². The summed E-state index contributed by atoms with van der Waals surface area (Å²) in [5.74, 6) is 0. The first kappa shape index (κ1) is 13.0. The van der Waals surface area contributed by atoms with E-state index in [4.69, 9.17) is 5.73 Å². The maximum atomic E-state index is 5.55. The number of hydrogen-bond donors (Lipinski definition) is 1. The molecule has 1 saturated heterocycles. The number of rotatable bonds is 5. The van der Waals surface area contributed by atoms with E-state index in [9.17, 15) is 0 Å². The van der Waals surface area contributed by atoms with Gasteiger partial charge in [-0.25, -0.2) is 0 Å². The lowest BCUT2D eigenvalue weighted by Gasteiger charge is -2.37. The first-order chi connectivity index (χ1) is 8.31. The van der Waals surface area contributed by atoms with Crippen LogP contribution in [0.3, 0.4) is 0 Å². The Labute approximate surface area is 108 Å². The maximum Gasteiger partial charge on any atom is 0.0414 e. The Balaban J connectivity index is 1.79. The van der Waals surface area contributed by atoms with Crippen LogP contribution in [-0.4, -0.2) is 49.1 Å². The molecule has 1 aromatic rings. The molecule has 0 aliphatic carbocycles. The molecule has 1 aromatic heterocycles. The molecule has 2 N–H and O–H groups in total. The van der Waals surface area contributed by atoms with E-state index >= 15 is 0 Å². The quantitative estimate of drug-likeness (QED) is 0.868. The van der Waals surface area contributed by atoms with Gasteiger partial charge in [0, 0.05) is 37.1 Å². The van der Waals surface area contributed by atoms with Gasteiger partial charge >= 0.3 is 0 Å². The Morgan fingerprint density at radius 3 is 2.71 bits per heavy atom. The summed E-state index contributed by atoms with van der Waals surface area (Å²) < 4.78 is 0. The summed E-state index contributed by atoms with van der Waals surface area (Å²) in [6, 6.07) is 4.97. The van der Waals surface area contributed by atoms with Crippen LogP contribution in [0.15, 0.2) is 17.5 Å². The fourth-order valence-electron chi connectivity index (χ4n) is 2.40. The molecular weight excluding hydrogens is 230 g/mol. The highest BCUT2D eigenvalue weighted by Gasteiger charge is 2.21. The van der Waals surface area contributed by atoms with Gasteiger partial charge in [0.15, 0.2) is 0 Å². The lowest BCUT2D eigenvalue weighted by Crippen LogP contribution is -2.47. The van der Waals surface area contributed by atoms with E-state index in [-0.39, 0.29) is 0 Å². The average Bonchev–Trinajstić information content (AvgIpc) is 2.90. The van der Waals surface area contributed by atoms with Gasteiger partial charge in [-0.2, -0.15) is 0 Å². The number of nitrogens with zero attached hydrogens (tertiary/aromatic N) is 2. The topological polar surface area (TPSA) is 32.5 Å². The molecule has 1 aliphatic rings. The molecule has 2 rings (SSSR count).